The molecule has 4 heteroatoms. The number of hydrogen-bond donors (Lipinski definition) is 1. The topological polar surface area (TPSA) is 46.3 Å². The van der Waals surface area contributed by atoms with Crippen LogP contribution in [0.1, 0.15) is 26.2 Å². The first-order chi connectivity index (χ1) is 6.70. The van der Waals surface area contributed by atoms with Crippen molar-refractivity contribution in [1.82, 2.24) is 4.90 Å². The van der Waals surface area contributed by atoms with Gasteiger partial charge in [-0.1, -0.05) is 6.92 Å². The number of hydrogen-bond acceptors (Lipinski definition) is 3. The van der Waals surface area contributed by atoms with E-state index < -0.39 is 0 Å². The average Bonchev–Trinajstić information content (AvgIpc) is 2.19. The first-order valence-electron chi connectivity index (χ1n) is 5.25. The fraction of sp³-hybridized carbons (Fsp3) is 0.900. The van der Waals surface area contributed by atoms with E-state index >= 15 is 0 Å². The molecule has 2 unspecified atom stereocenters. The Morgan fingerprint density at radius 2 is 2.43 bits per heavy atom. The van der Waals surface area contributed by atoms with Crippen LogP contribution in [-0.4, -0.2) is 41.4 Å². The molecule has 1 rings (SSSR count). The van der Waals surface area contributed by atoms with Gasteiger partial charge in [-0.05, 0) is 25.5 Å². The molecule has 0 aromatic heterocycles. The zero-order chi connectivity index (χ0) is 10.6. The lowest BCUT2D eigenvalue weighted by atomic mass is 10.0. The smallest absolute Gasteiger partial charge is 0.239 e. The van der Waals surface area contributed by atoms with E-state index in [1.165, 1.54) is 0 Å². The van der Waals surface area contributed by atoms with Crippen molar-refractivity contribution in [2.45, 2.75) is 38.3 Å². The van der Waals surface area contributed by atoms with Crippen molar-refractivity contribution in [3.05, 3.63) is 0 Å². The van der Waals surface area contributed by atoms with Crippen LogP contribution in [0.15, 0.2) is 0 Å². The van der Waals surface area contributed by atoms with E-state index in [-0.39, 0.29) is 11.9 Å². The molecular weight excluding hydrogens is 196 g/mol. The fourth-order valence-corrected chi connectivity index (χ4v) is 2.71. The van der Waals surface area contributed by atoms with Gasteiger partial charge in [-0.3, -0.25) is 4.79 Å². The van der Waals surface area contributed by atoms with E-state index in [2.05, 4.69) is 13.2 Å². The average molecular weight is 216 g/mol. The Hall–Kier alpha value is -0.220. The fourth-order valence-electron chi connectivity index (χ4n) is 1.91. The summed E-state index contributed by atoms with van der Waals surface area (Å²) in [5.41, 5.74) is 5.76. The van der Waals surface area contributed by atoms with Crippen LogP contribution in [0.3, 0.4) is 0 Å². The minimum atomic E-state index is -0.250. The van der Waals surface area contributed by atoms with Crippen LogP contribution in [-0.2, 0) is 4.79 Å². The van der Waals surface area contributed by atoms with E-state index in [9.17, 15) is 4.79 Å². The summed E-state index contributed by atoms with van der Waals surface area (Å²) in [6.45, 7) is 3.03. The molecule has 1 heterocycles. The first kappa shape index (κ1) is 11.9. The normalized spacial score (nSPS) is 25.2. The van der Waals surface area contributed by atoms with Crippen LogP contribution in [0.2, 0.25) is 0 Å². The highest BCUT2D eigenvalue weighted by atomic mass is 32.2. The maximum atomic E-state index is 11.8. The molecule has 82 valence electrons. The first-order valence-corrected chi connectivity index (χ1v) is 6.65. The van der Waals surface area contributed by atoms with Crippen LogP contribution in [0.25, 0.3) is 0 Å². The van der Waals surface area contributed by atoms with Gasteiger partial charge in [0.15, 0.2) is 0 Å². The van der Waals surface area contributed by atoms with Crippen LogP contribution >= 0.6 is 11.8 Å². The maximum Gasteiger partial charge on any atom is 0.239 e. The quantitative estimate of drug-likeness (QED) is 0.765. The molecule has 2 atom stereocenters. The Kier molecular flexibility index (Phi) is 4.75. The molecule has 1 amide bonds. The molecule has 2 N–H and O–H groups in total. The molecule has 0 spiro atoms. The van der Waals surface area contributed by atoms with Crippen molar-refractivity contribution in [3.8, 4) is 0 Å². The summed E-state index contributed by atoms with van der Waals surface area (Å²) in [5.74, 6) is 1.17. The Morgan fingerprint density at radius 1 is 1.71 bits per heavy atom. The zero-order valence-electron chi connectivity index (χ0n) is 9.03. The molecule has 0 radical (unpaired) electrons. The molecule has 1 fully saturated rings. The summed E-state index contributed by atoms with van der Waals surface area (Å²) < 4.78 is 0. The lowest BCUT2D eigenvalue weighted by molar-refractivity contribution is -0.137. The summed E-state index contributed by atoms with van der Waals surface area (Å²) >= 11 is 1.80. The number of likely N-dealkylation sites (tertiary alicyclic amines) is 1. The maximum absolute atomic E-state index is 11.8. The van der Waals surface area contributed by atoms with Crippen molar-refractivity contribution in [2.75, 3.05) is 18.6 Å². The lowest BCUT2D eigenvalue weighted by Crippen LogP contribution is -2.53. The molecule has 0 aliphatic carbocycles. The predicted molar refractivity (Wildman–Crippen MR) is 61.4 cm³/mol. The standard InChI is InChI=1S/C10H20N2OS/c1-3-8(7-14-2)12-6-4-5-9(11)10(12)13/h8-9H,3-7,11H2,1-2H3. The van der Waals surface area contributed by atoms with Gasteiger partial charge >= 0.3 is 0 Å². The minimum absolute atomic E-state index is 0.150. The summed E-state index contributed by atoms with van der Waals surface area (Å²) in [6.07, 6.45) is 5.01. The Bertz CT molecular complexity index is 199. The second kappa shape index (κ2) is 5.61. The van der Waals surface area contributed by atoms with Crippen LogP contribution < -0.4 is 5.73 Å². The molecule has 0 aromatic rings. The number of thioether (sulfide) groups is 1. The van der Waals surface area contributed by atoms with Gasteiger partial charge in [-0.25, -0.2) is 0 Å². The number of piperidine rings is 1. The van der Waals surface area contributed by atoms with Crippen molar-refractivity contribution in [3.63, 3.8) is 0 Å². The molecule has 0 bridgehead atoms. The highest BCUT2D eigenvalue weighted by molar-refractivity contribution is 7.98. The highest BCUT2D eigenvalue weighted by Gasteiger charge is 2.29. The van der Waals surface area contributed by atoms with Crippen LogP contribution in [0.4, 0.5) is 0 Å². The van der Waals surface area contributed by atoms with Crippen molar-refractivity contribution >= 4 is 17.7 Å². The monoisotopic (exact) mass is 216 g/mol. The predicted octanol–water partition coefficient (Wildman–Crippen LogP) is 1.08. The number of nitrogens with zero attached hydrogens (tertiary/aromatic N) is 1. The highest BCUT2D eigenvalue weighted by Crippen LogP contribution is 2.17. The number of carbonyl (C=O) groups is 1. The number of nitrogens with two attached hydrogens (primary N) is 1. The molecule has 0 saturated carbocycles. The van der Waals surface area contributed by atoms with E-state index in [1.807, 2.05) is 4.90 Å². The van der Waals surface area contributed by atoms with E-state index in [0.29, 0.717) is 6.04 Å². The summed E-state index contributed by atoms with van der Waals surface area (Å²) in [4.78, 5) is 13.8. The molecule has 3 nitrogen and oxygen atoms in total. The molecular formula is C10H20N2OS. The van der Waals surface area contributed by atoms with E-state index in [4.69, 9.17) is 5.73 Å². The third-order valence-corrected chi connectivity index (χ3v) is 3.50. The van der Waals surface area contributed by atoms with Gasteiger partial charge in [-0.15, -0.1) is 0 Å². The van der Waals surface area contributed by atoms with Gasteiger partial charge in [0.05, 0.1) is 6.04 Å². The van der Waals surface area contributed by atoms with E-state index in [0.717, 1.165) is 31.6 Å². The van der Waals surface area contributed by atoms with Crippen molar-refractivity contribution < 1.29 is 4.79 Å². The van der Waals surface area contributed by atoms with Gasteiger partial charge in [-0.2, -0.15) is 11.8 Å². The summed E-state index contributed by atoms with van der Waals surface area (Å²) in [7, 11) is 0. The van der Waals surface area contributed by atoms with Crippen molar-refractivity contribution in [2.24, 2.45) is 5.73 Å². The molecule has 1 aliphatic rings. The van der Waals surface area contributed by atoms with Crippen LogP contribution in [0.5, 0.6) is 0 Å². The molecule has 1 aliphatic heterocycles. The Morgan fingerprint density at radius 3 is 3.00 bits per heavy atom. The van der Waals surface area contributed by atoms with E-state index in [1.54, 1.807) is 11.8 Å². The summed E-state index contributed by atoms with van der Waals surface area (Å²) in [6, 6.07) is 0.128. The van der Waals surface area contributed by atoms with Gasteiger partial charge < -0.3 is 10.6 Å². The number of amides is 1. The lowest BCUT2D eigenvalue weighted by Gasteiger charge is -2.36. The van der Waals surface area contributed by atoms with Gasteiger partial charge in [0, 0.05) is 18.3 Å². The van der Waals surface area contributed by atoms with Gasteiger partial charge in [0.2, 0.25) is 5.91 Å². The Balaban J connectivity index is 2.59. The van der Waals surface area contributed by atoms with Gasteiger partial charge in [0.1, 0.15) is 0 Å². The molecule has 0 aromatic carbocycles. The van der Waals surface area contributed by atoms with Crippen LogP contribution in [0, 0.1) is 0 Å². The summed E-state index contributed by atoms with van der Waals surface area (Å²) in [5, 5.41) is 0. The third kappa shape index (κ3) is 2.64. The second-order valence-corrected chi connectivity index (χ2v) is 4.71. The van der Waals surface area contributed by atoms with Crippen molar-refractivity contribution in [1.29, 1.82) is 0 Å². The largest absolute Gasteiger partial charge is 0.338 e. The SMILES string of the molecule is CCC(CSC)N1CCCC(N)C1=O. The second-order valence-electron chi connectivity index (χ2n) is 3.80. The van der Waals surface area contributed by atoms with Gasteiger partial charge in [0.25, 0.3) is 0 Å². The number of rotatable bonds is 4. The zero-order valence-corrected chi connectivity index (χ0v) is 9.85. The number of carbonyl (C=O) groups excluding carboxylic acids is 1. The third-order valence-electron chi connectivity index (χ3n) is 2.79. The molecule has 14 heavy (non-hydrogen) atoms. The Labute approximate surface area is 90.4 Å². The molecule has 1 saturated heterocycles. The minimum Gasteiger partial charge on any atom is -0.338 e.